The summed E-state index contributed by atoms with van der Waals surface area (Å²) in [5.74, 6) is 0.291. The van der Waals surface area contributed by atoms with Crippen molar-refractivity contribution in [3.05, 3.63) is 46.0 Å². The lowest BCUT2D eigenvalue weighted by atomic mass is 9.97. The van der Waals surface area contributed by atoms with Gasteiger partial charge in [-0.05, 0) is 61.8 Å². The Hall–Kier alpha value is -2.00. The minimum Gasteiger partial charge on any atom is -0.341 e. The van der Waals surface area contributed by atoms with Crippen LogP contribution in [-0.2, 0) is 12.6 Å². The highest BCUT2D eigenvalue weighted by molar-refractivity contribution is 7.07. The monoisotopic (exact) mass is 426 g/mol. The molecule has 1 aromatic heterocycles. The standard InChI is InChI=1S/C20H25F3N4OS/c1-14-18(29-25-24-14)19(28)26(2)12-16-6-4-9-27(13-16)10-8-15-5-3-7-17(11-15)20(21,22)23/h3,5,7,11,16H,4,6,8-10,12-13H2,1-2H3. The fourth-order valence-corrected chi connectivity index (χ4v) is 4.42. The molecule has 1 amide bonds. The van der Waals surface area contributed by atoms with Gasteiger partial charge in [0.25, 0.3) is 5.91 Å². The van der Waals surface area contributed by atoms with Crippen LogP contribution in [0.25, 0.3) is 0 Å². The molecule has 158 valence electrons. The van der Waals surface area contributed by atoms with Gasteiger partial charge in [-0.2, -0.15) is 13.2 Å². The third-order valence-corrected chi connectivity index (χ3v) is 6.11. The zero-order valence-electron chi connectivity index (χ0n) is 16.6. The number of rotatable bonds is 6. The predicted molar refractivity (Wildman–Crippen MR) is 106 cm³/mol. The lowest BCUT2D eigenvalue weighted by Gasteiger charge is -2.34. The molecule has 2 aromatic rings. The van der Waals surface area contributed by atoms with E-state index in [1.807, 2.05) is 0 Å². The van der Waals surface area contributed by atoms with E-state index >= 15 is 0 Å². The Labute approximate surface area is 172 Å². The highest BCUT2D eigenvalue weighted by Gasteiger charge is 2.30. The summed E-state index contributed by atoms with van der Waals surface area (Å²) in [6, 6.07) is 5.55. The van der Waals surface area contributed by atoms with Gasteiger partial charge in [0.1, 0.15) is 4.88 Å². The topological polar surface area (TPSA) is 49.3 Å². The zero-order valence-corrected chi connectivity index (χ0v) is 17.4. The fraction of sp³-hybridized carbons (Fsp3) is 0.550. The van der Waals surface area contributed by atoms with Crippen molar-refractivity contribution in [2.24, 2.45) is 5.92 Å². The highest BCUT2D eigenvalue weighted by atomic mass is 32.1. The predicted octanol–water partition coefficient (Wildman–Crippen LogP) is 3.89. The van der Waals surface area contributed by atoms with Gasteiger partial charge in [-0.25, -0.2) is 0 Å². The molecule has 9 heteroatoms. The number of likely N-dealkylation sites (tertiary alicyclic amines) is 1. The lowest BCUT2D eigenvalue weighted by Crippen LogP contribution is -2.42. The Morgan fingerprint density at radius 1 is 1.38 bits per heavy atom. The number of piperidine rings is 1. The van der Waals surface area contributed by atoms with Crippen LogP contribution in [0, 0.1) is 12.8 Å². The van der Waals surface area contributed by atoms with Crippen molar-refractivity contribution in [1.82, 2.24) is 19.4 Å². The molecular formula is C20H25F3N4OS. The molecule has 1 atom stereocenters. The molecule has 1 unspecified atom stereocenters. The van der Waals surface area contributed by atoms with E-state index in [1.165, 1.54) is 12.1 Å². The van der Waals surface area contributed by atoms with Crippen LogP contribution in [-0.4, -0.2) is 58.5 Å². The van der Waals surface area contributed by atoms with Crippen molar-refractivity contribution >= 4 is 17.4 Å². The maximum absolute atomic E-state index is 12.9. The third kappa shape index (κ3) is 5.76. The molecule has 1 fully saturated rings. The molecular weight excluding hydrogens is 401 g/mol. The van der Waals surface area contributed by atoms with Crippen molar-refractivity contribution in [3.63, 3.8) is 0 Å². The Kier molecular flexibility index (Phi) is 6.89. The quantitative estimate of drug-likeness (QED) is 0.703. The molecule has 1 aliphatic heterocycles. The van der Waals surface area contributed by atoms with Crippen LogP contribution in [0.2, 0.25) is 0 Å². The second kappa shape index (κ2) is 9.21. The zero-order chi connectivity index (χ0) is 21.0. The van der Waals surface area contributed by atoms with Gasteiger partial charge < -0.3 is 9.80 Å². The van der Waals surface area contributed by atoms with Gasteiger partial charge in [-0.3, -0.25) is 4.79 Å². The smallest absolute Gasteiger partial charge is 0.341 e. The van der Waals surface area contributed by atoms with E-state index in [0.29, 0.717) is 41.6 Å². The number of hydrogen-bond donors (Lipinski definition) is 0. The molecule has 0 saturated carbocycles. The molecule has 0 radical (unpaired) electrons. The number of amides is 1. The van der Waals surface area contributed by atoms with E-state index in [9.17, 15) is 18.0 Å². The van der Waals surface area contributed by atoms with Gasteiger partial charge in [0, 0.05) is 26.7 Å². The molecule has 29 heavy (non-hydrogen) atoms. The van der Waals surface area contributed by atoms with Gasteiger partial charge in [0.2, 0.25) is 0 Å². The van der Waals surface area contributed by atoms with Crippen LogP contribution in [0.15, 0.2) is 24.3 Å². The van der Waals surface area contributed by atoms with Crippen LogP contribution in [0.1, 0.15) is 39.3 Å². The number of nitrogens with zero attached hydrogens (tertiary/aromatic N) is 4. The average molecular weight is 427 g/mol. The minimum absolute atomic E-state index is 0.0569. The first-order chi connectivity index (χ1) is 13.7. The second-order valence-electron chi connectivity index (χ2n) is 7.63. The largest absolute Gasteiger partial charge is 0.416 e. The molecule has 2 heterocycles. The van der Waals surface area contributed by atoms with Crippen LogP contribution < -0.4 is 0 Å². The molecule has 1 aromatic carbocycles. The number of hydrogen-bond acceptors (Lipinski definition) is 5. The summed E-state index contributed by atoms with van der Waals surface area (Å²) in [5, 5.41) is 3.90. The fourth-order valence-electron chi connectivity index (χ4n) is 3.77. The molecule has 3 rings (SSSR count). The van der Waals surface area contributed by atoms with Crippen LogP contribution in [0.4, 0.5) is 13.2 Å². The van der Waals surface area contributed by atoms with Gasteiger partial charge in [0.15, 0.2) is 0 Å². The first-order valence-corrected chi connectivity index (χ1v) is 10.4. The number of alkyl halides is 3. The Morgan fingerprint density at radius 2 is 2.17 bits per heavy atom. The Balaban J connectivity index is 1.52. The van der Waals surface area contributed by atoms with Gasteiger partial charge in [-0.1, -0.05) is 22.7 Å². The normalized spacial score (nSPS) is 18.0. The number of aromatic nitrogens is 2. The van der Waals surface area contributed by atoms with E-state index in [-0.39, 0.29) is 5.91 Å². The van der Waals surface area contributed by atoms with Gasteiger partial charge >= 0.3 is 6.18 Å². The summed E-state index contributed by atoms with van der Waals surface area (Å²) in [5.41, 5.74) is 0.750. The summed E-state index contributed by atoms with van der Waals surface area (Å²) < 4.78 is 42.5. The molecule has 0 aliphatic carbocycles. The Morgan fingerprint density at radius 3 is 2.86 bits per heavy atom. The number of benzene rings is 1. The average Bonchev–Trinajstić information content (AvgIpc) is 3.11. The maximum atomic E-state index is 12.9. The van der Waals surface area contributed by atoms with Crippen molar-refractivity contribution < 1.29 is 18.0 Å². The van der Waals surface area contributed by atoms with Crippen LogP contribution >= 0.6 is 11.5 Å². The maximum Gasteiger partial charge on any atom is 0.416 e. The molecule has 0 N–H and O–H groups in total. The van der Waals surface area contributed by atoms with E-state index < -0.39 is 11.7 Å². The Bertz CT molecular complexity index is 839. The molecule has 5 nitrogen and oxygen atoms in total. The van der Waals surface area contributed by atoms with Gasteiger partial charge in [-0.15, -0.1) is 5.10 Å². The highest BCUT2D eigenvalue weighted by Crippen LogP contribution is 2.29. The lowest BCUT2D eigenvalue weighted by molar-refractivity contribution is -0.137. The van der Waals surface area contributed by atoms with Crippen LogP contribution in [0.5, 0.6) is 0 Å². The summed E-state index contributed by atoms with van der Waals surface area (Å²) in [6.07, 6.45) is -1.67. The van der Waals surface area contributed by atoms with E-state index in [1.54, 1.807) is 24.9 Å². The molecule has 0 spiro atoms. The summed E-state index contributed by atoms with van der Waals surface area (Å²) >= 11 is 1.11. The first kappa shape index (κ1) is 21.7. The van der Waals surface area contributed by atoms with Gasteiger partial charge in [0.05, 0.1) is 11.3 Å². The minimum atomic E-state index is -4.31. The molecule has 1 saturated heterocycles. The SMILES string of the molecule is Cc1nnsc1C(=O)N(C)CC1CCCN(CCc2cccc(C(F)(F)F)c2)C1. The number of carbonyl (C=O) groups is 1. The summed E-state index contributed by atoms with van der Waals surface area (Å²) in [6.45, 7) is 4.92. The van der Waals surface area contributed by atoms with Crippen molar-refractivity contribution in [2.45, 2.75) is 32.4 Å². The first-order valence-electron chi connectivity index (χ1n) is 9.67. The number of carbonyl (C=O) groups excluding carboxylic acids is 1. The second-order valence-corrected chi connectivity index (χ2v) is 8.38. The van der Waals surface area contributed by atoms with E-state index in [2.05, 4.69) is 14.5 Å². The van der Waals surface area contributed by atoms with Crippen molar-refractivity contribution in [2.75, 3.05) is 33.2 Å². The van der Waals surface area contributed by atoms with E-state index in [4.69, 9.17) is 0 Å². The summed E-state index contributed by atoms with van der Waals surface area (Å²) in [7, 11) is 1.79. The number of aryl methyl sites for hydroxylation is 1. The molecule has 0 bridgehead atoms. The van der Waals surface area contributed by atoms with Crippen molar-refractivity contribution in [1.29, 1.82) is 0 Å². The van der Waals surface area contributed by atoms with Crippen LogP contribution in [0.3, 0.4) is 0 Å². The number of halogens is 3. The summed E-state index contributed by atoms with van der Waals surface area (Å²) in [4.78, 5) is 17.1. The molecule has 1 aliphatic rings. The van der Waals surface area contributed by atoms with Crippen molar-refractivity contribution in [3.8, 4) is 0 Å². The third-order valence-electron chi connectivity index (χ3n) is 5.30. The van der Waals surface area contributed by atoms with E-state index in [0.717, 1.165) is 43.5 Å².